The van der Waals surface area contributed by atoms with Crippen LogP contribution < -0.4 is 10.9 Å². The molecule has 2 amide bonds. The normalized spacial score (nSPS) is 10.5. The van der Waals surface area contributed by atoms with E-state index in [0.717, 1.165) is 17.0 Å². The van der Waals surface area contributed by atoms with Crippen LogP contribution in [0, 0.1) is 13.8 Å². The van der Waals surface area contributed by atoms with Crippen molar-refractivity contribution in [1.29, 1.82) is 0 Å². The van der Waals surface area contributed by atoms with Crippen molar-refractivity contribution in [2.45, 2.75) is 20.8 Å². The summed E-state index contributed by atoms with van der Waals surface area (Å²) in [5.74, 6) is -1.70. The maximum Gasteiger partial charge on any atom is 0.331 e. The molecule has 0 aliphatic carbocycles. The van der Waals surface area contributed by atoms with Gasteiger partial charge in [0.2, 0.25) is 5.91 Å². The smallest absolute Gasteiger partial charge is 0.331 e. The fourth-order valence-corrected chi connectivity index (χ4v) is 1.56. The summed E-state index contributed by atoms with van der Waals surface area (Å²) < 4.78 is 6.44. The van der Waals surface area contributed by atoms with Gasteiger partial charge in [0.05, 0.1) is 5.69 Å². The second-order valence-corrected chi connectivity index (χ2v) is 4.38. The highest BCUT2D eigenvalue weighted by Crippen LogP contribution is 2.13. The van der Waals surface area contributed by atoms with E-state index in [1.807, 2.05) is 20.9 Å². The van der Waals surface area contributed by atoms with Crippen molar-refractivity contribution in [1.82, 2.24) is 20.6 Å². The van der Waals surface area contributed by atoms with Crippen LogP contribution in [0.1, 0.15) is 23.9 Å². The molecule has 8 heteroatoms. The van der Waals surface area contributed by atoms with Crippen molar-refractivity contribution < 1.29 is 19.1 Å². The maximum absolute atomic E-state index is 11.5. The SMILES string of the molecule is CC(=O)NNC(=O)COC(=O)/C=C/c1c(C)nn(C)c1C. The Morgan fingerprint density at radius 2 is 1.95 bits per heavy atom. The molecule has 2 N–H and O–H groups in total. The molecule has 0 bridgehead atoms. The molecule has 1 aromatic heterocycles. The number of esters is 1. The zero-order chi connectivity index (χ0) is 16.0. The van der Waals surface area contributed by atoms with Crippen molar-refractivity contribution in [2.75, 3.05) is 6.61 Å². The summed E-state index contributed by atoms with van der Waals surface area (Å²) in [6, 6.07) is 0. The average molecular weight is 294 g/mol. The molecule has 1 rings (SSSR count). The molecule has 1 heterocycles. The van der Waals surface area contributed by atoms with E-state index in [4.69, 9.17) is 4.74 Å². The van der Waals surface area contributed by atoms with Crippen LogP contribution in [0.25, 0.3) is 6.08 Å². The number of nitrogens with one attached hydrogen (secondary N) is 2. The van der Waals surface area contributed by atoms with Gasteiger partial charge in [-0.05, 0) is 19.9 Å². The monoisotopic (exact) mass is 294 g/mol. The third-order valence-electron chi connectivity index (χ3n) is 2.67. The highest BCUT2D eigenvalue weighted by Gasteiger charge is 2.08. The van der Waals surface area contributed by atoms with E-state index >= 15 is 0 Å². The number of hydrazine groups is 1. The maximum atomic E-state index is 11.5. The van der Waals surface area contributed by atoms with Crippen LogP contribution in [0.5, 0.6) is 0 Å². The van der Waals surface area contributed by atoms with Gasteiger partial charge in [0.1, 0.15) is 0 Å². The van der Waals surface area contributed by atoms with Gasteiger partial charge in [0.15, 0.2) is 6.61 Å². The predicted molar refractivity (Wildman–Crippen MR) is 74.6 cm³/mol. The molecular formula is C13H18N4O4. The molecule has 114 valence electrons. The molecule has 0 spiro atoms. The number of aryl methyl sites for hydroxylation is 2. The van der Waals surface area contributed by atoms with Gasteiger partial charge in [-0.2, -0.15) is 5.10 Å². The lowest BCUT2D eigenvalue weighted by Crippen LogP contribution is -2.42. The Morgan fingerprint density at radius 1 is 1.29 bits per heavy atom. The van der Waals surface area contributed by atoms with Crippen molar-refractivity contribution in [3.8, 4) is 0 Å². The van der Waals surface area contributed by atoms with Gasteiger partial charge >= 0.3 is 5.97 Å². The summed E-state index contributed by atoms with van der Waals surface area (Å²) in [7, 11) is 1.81. The van der Waals surface area contributed by atoms with E-state index in [-0.39, 0.29) is 0 Å². The van der Waals surface area contributed by atoms with E-state index in [0.29, 0.717) is 0 Å². The number of aromatic nitrogens is 2. The molecule has 0 saturated heterocycles. The molecule has 1 aromatic rings. The molecule has 21 heavy (non-hydrogen) atoms. The van der Waals surface area contributed by atoms with Crippen LogP contribution >= 0.6 is 0 Å². The number of nitrogens with zero attached hydrogens (tertiary/aromatic N) is 2. The molecule has 0 aliphatic rings. The summed E-state index contributed by atoms with van der Waals surface area (Å²) in [5, 5.41) is 4.21. The summed E-state index contributed by atoms with van der Waals surface area (Å²) >= 11 is 0. The largest absolute Gasteiger partial charge is 0.452 e. The fourth-order valence-electron chi connectivity index (χ4n) is 1.56. The lowest BCUT2D eigenvalue weighted by molar-refractivity contribution is -0.144. The highest BCUT2D eigenvalue weighted by molar-refractivity contribution is 5.89. The molecule has 0 unspecified atom stereocenters. The standard InChI is InChI=1S/C13H18N4O4/c1-8-11(9(2)17(4)16-8)5-6-13(20)21-7-12(19)15-14-10(3)18/h5-6H,7H2,1-4H3,(H,14,18)(H,15,19)/b6-5+. The Labute approximate surface area is 122 Å². The summed E-state index contributed by atoms with van der Waals surface area (Å²) in [4.78, 5) is 33.2. The summed E-state index contributed by atoms with van der Waals surface area (Å²) in [5.41, 5.74) is 6.71. The minimum atomic E-state index is -0.657. The Bertz CT molecular complexity index is 589. The van der Waals surface area contributed by atoms with Gasteiger partial charge in [-0.15, -0.1) is 0 Å². The third kappa shape index (κ3) is 5.09. The predicted octanol–water partition coefficient (Wildman–Crippen LogP) is -0.239. The van der Waals surface area contributed by atoms with E-state index in [2.05, 4.69) is 16.0 Å². The van der Waals surface area contributed by atoms with Gasteiger partial charge in [0.25, 0.3) is 5.91 Å². The molecule has 8 nitrogen and oxygen atoms in total. The van der Waals surface area contributed by atoms with E-state index < -0.39 is 24.4 Å². The van der Waals surface area contributed by atoms with Gasteiger partial charge in [-0.3, -0.25) is 25.1 Å². The zero-order valence-electron chi connectivity index (χ0n) is 12.4. The number of hydrogen-bond acceptors (Lipinski definition) is 5. The van der Waals surface area contributed by atoms with Crippen LogP contribution in [0.4, 0.5) is 0 Å². The van der Waals surface area contributed by atoms with Crippen molar-refractivity contribution >= 4 is 23.9 Å². The highest BCUT2D eigenvalue weighted by atomic mass is 16.5. The molecule has 0 saturated carbocycles. The van der Waals surface area contributed by atoms with Gasteiger partial charge in [0, 0.05) is 31.3 Å². The van der Waals surface area contributed by atoms with Gasteiger partial charge in [-0.1, -0.05) is 0 Å². The van der Waals surface area contributed by atoms with Crippen LogP contribution in [-0.2, 0) is 26.2 Å². The molecule has 0 radical (unpaired) electrons. The minimum absolute atomic E-state index is 0.419. The molecule has 0 atom stereocenters. The fraction of sp³-hybridized carbons (Fsp3) is 0.385. The lowest BCUT2D eigenvalue weighted by atomic mass is 10.2. The first kappa shape index (κ1) is 16.4. The van der Waals surface area contributed by atoms with Crippen LogP contribution in [0.15, 0.2) is 6.08 Å². The Balaban J connectivity index is 2.48. The number of carbonyl (C=O) groups is 3. The van der Waals surface area contributed by atoms with Crippen molar-refractivity contribution in [3.05, 3.63) is 23.0 Å². The van der Waals surface area contributed by atoms with E-state index in [1.54, 1.807) is 10.8 Å². The Morgan fingerprint density at radius 3 is 2.48 bits per heavy atom. The number of rotatable bonds is 4. The zero-order valence-corrected chi connectivity index (χ0v) is 12.4. The van der Waals surface area contributed by atoms with Gasteiger partial charge < -0.3 is 4.74 Å². The lowest BCUT2D eigenvalue weighted by Gasteiger charge is -2.04. The minimum Gasteiger partial charge on any atom is -0.452 e. The molecule has 0 fully saturated rings. The Hall–Kier alpha value is -2.64. The van der Waals surface area contributed by atoms with Gasteiger partial charge in [-0.25, -0.2) is 4.79 Å². The Kier molecular flexibility index (Phi) is 5.65. The molecule has 0 aliphatic heterocycles. The summed E-state index contributed by atoms with van der Waals surface area (Å²) in [6.07, 6.45) is 2.81. The number of carbonyl (C=O) groups excluding carboxylic acids is 3. The average Bonchev–Trinajstić information content (AvgIpc) is 2.65. The third-order valence-corrected chi connectivity index (χ3v) is 2.67. The van der Waals surface area contributed by atoms with Crippen LogP contribution in [0.2, 0.25) is 0 Å². The number of ether oxygens (including phenoxy) is 1. The topological polar surface area (TPSA) is 102 Å². The first-order valence-corrected chi connectivity index (χ1v) is 6.21. The van der Waals surface area contributed by atoms with Crippen molar-refractivity contribution in [2.24, 2.45) is 7.05 Å². The molecular weight excluding hydrogens is 276 g/mol. The first-order valence-electron chi connectivity index (χ1n) is 6.21. The van der Waals surface area contributed by atoms with Crippen molar-refractivity contribution in [3.63, 3.8) is 0 Å². The van der Waals surface area contributed by atoms with Crippen LogP contribution in [0.3, 0.4) is 0 Å². The van der Waals surface area contributed by atoms with E-state index in [1.165, 1.54) is 13.0 Å². The second-order valence-electron chi connectivity index (χ2n) is 4.38. The quantitative estimate of drug-likeness (QED) is 0.453. The van der Waals surface area contributed by atoms with Crippen LogP contribution in [-0.4, -0.2) is 34.2 Å². The van der Waals surface area contributed by atoms with E-state index in [9.17, 15) is 14.4 Å². The first-order chi connectivity index (χ1) is 9.81. The second kappa shape index (κ2) is 7.22. The summed E-state index contributed by atoms with van der Waals surface area (Å²) in [6.45, 7) is 4.48. The number of hydrogen-bond donors (Lipinski definition) is 2. The molecule has 0 aromatic carbocycles. The number of amides is 2.